The molecule has 3 nitrogen and oxygen atoms in total. The fraction of sp³-hybridized carbons (Fsp3) is 0.533. The van der Waals surface area contributed by atoms with Crippen molar-refractivity contribution in [3.05, 3.63) is 27.7 Å². The van der Waals surface area contributed by atoms with Gasteiger partial charge in [-0.05, 0) is 43.7 Å². The summed E-state index contributed by atoms with van der Waals surface area (Å²) in [4.78, 5) is 12.5. The summed E-state index contributed by atoms with van der Waals surface area (Å²) < 4.78 is 0.843. The van der Waals surface area contributed by atoms with Gasteiger partial charge in [0, 0.05) is 27.0 Å². The van der Waals surface area contributed by atoms with E-state index in [9.17, 15) is 4.79 Å². The quantitative estimate of drug-likeness (QED) is 0.811. The molecule has 0 radical (unpaired) electrons. The second-order valence-electron chi connectivity index (χ2n) is 5.31. The van der Waals surface area contributed by atoms with Gasteiger partial charge in [-0.3, -0.25) is 4.79 Å². The van der Waals surface area contributed by atoms with E-state index in [0.717, 1.165) is 16.5 Å². The summed E-state index contributed by atoms with van der Waals surface area (Å²) in [5.74, 6) is -0.0125. The van der Waals surface area contributed by atoms with Crippen molar-refractivity contribution in [1.82, 2.24) is 5.32 Å². The predicted molar refractivity (Wildman–Crippen MR) is 90.3 cm³/mol. The summed E-state index contributed by atoms with van der Waals surface area (Å²) in [5, 5.41) is 3.72. The topological polar surface area (TPSA) is 55.1 Å². The molecule has 0 saturated heterocycles. The van der Waals surface area contributed by atoms with Gasteiger partial charge in [-0.1, -0.05) is 28.8 Å². The first kappa shape index (κ1) is 15.7. The number of carbonyl (C=O) groups excluding carboxylic acids is 1. The SMILES string of the molecule is CSC1CCCCC1NC(=O)c1cc(Br)cc(N)c1C. The van der Waals surface area contributed by atoms with E-state index in [1.807, 2.05) is 30.8 Å². The highest BCUT2D eigenvalue weighted by atomic mass is 79.9. The van der Waals surface area contributed by atoms with Crippen LogP contribution in [0.15, 0.2) is 16.6 Å². The molecule has 0 heterocycles. The highest BCUT2D eigenvalue weighted by molar-refractivity contribution is 9.10. The van der Waals surface area contributed by atoms with Gasteiger partial charge in [0.2, 0.25) is 0 Å². The third kappa shape index (κ3) is 3.50. The molecule has 0 spiro atoms. The van der Waals surface area contributed by atoms with Gasteiger partial charge < -0.3 is 11.1 Å². The zero-order valence-corrected chi connectivity index (χ0v) is 14.3. The first-order valence-electron chi connectivity index (χ1n) is 6.92. The molecule has 0 bridgehead atoms. The molecule has 2 unspecified atom stereocenters. The standard InChI is InChI=1S/C15H21BrN2OS/c1-9-11(7-10(16)8-12(9)17)15(19)18-13-5-3-4-6-14(13)20-2/h7-8,13-14H,3-6,17H2,1-2H3,(H,18,19). The van der Waals surface area contributed by atoms with Crippen molar-refractivity contribution in [3.8, 4) is 0 Å². The van der Waals surface area contributed by atoms with Crippen LogP contribution in [0.4, 0.5) is 5.69 Å². The smallest absolute Gasteiger partial charge is 0.251 e. The highest BCUT2D eigenvalue weighted by Gasteiger charge is 2.26. The van der Waals surface area contributed by atoms with Crippen molar-refractivity contribution in [3.63, 3.8) is 0 Å². The van der Waals surface area contributed by atoms with Crippen LogP contribution in [0.25, 0.3) is 0 Å². The van der Waals surface area contributed by atoms with Gasteiger partial charge in [0.25, 0.3) is 5.91 Å². The molecule has 0 aliphatic heterocycles. The Morgan fingerprint density at radius 3 is 2.80 bits per heavy atom. The van der Waals surface area contributed by atoms with Crippen LogP contribution in [0.5, 0.6) is 0 Å². The molecule has 1 aliphatic carbocycles. The summed E-state index contributed by atoms with van der Waals surface area (Å²) in [7, 11) is 0. The molecule has 1 fully saturated rings. The number of anilines is 1. The van der Waals surface area contributed by atoms with Crippen LogP contribution in [0.2, 0.25) is 0 Å². The highest BCUT2D eigenvalue weighted by Crippen LogP contribution is 2.28. The molecule has 1 aromatic carbocycles. The third-order valence-electron chi connectivity index (χ3n) is 3.98. The molecule has 1 saturated carbocycles. The number of nitrogen functional groups attached to an aromatic ring is 1. The van der Waals surface area contributed by atoms with Crippen molar-refractivity contribution >= 4 is 39.3 Å². The van der Waals surface area contributed by atoms with Gasteiger partial charge in [-0.15, -0.1) is 0 Å². The summed E-state index contributed by atoms with van der Waals surface area (Å²) >= 11 is 5.25. The lowest BCUT2D eigenvalue weighted by Gasteiger charge is -2.31. The Morgan fingerprint density at radius 2 is 2.10 bits per heavy atom. The summed E-state index contributed by atoms with van der Waals surface area (Å²) in [6.45, 7) is 1.89. The first-order chi connectivity index (χ1) is 9.52. The van der Waals surface area contributed by atoms with Gasteiger partial charge in [0.1, 0.15) is 0 Å². The maximum absolute atomic E-state index is 12.5. The minimum Gasteiger partial charge on any atom is -0.398 e. The lowest BCUT2D eigenvalue weighted by Crippen LogP contribution is -2.43. The minimum atomic E-state index is -0.0125. The average Bonchev–Trinajstić information content (AvgIpc) is 2.43. The Bertz CT molecular complexity index is 507. The van der Waals surface area contributed by atoms with E-state index < -0.39 is 0 Å². The predicted octanol–water partition coefficient (Wildman–Crippen LogP) is 3.74. The van der Waals surface area contributed by atoms with Crippen molar-refractivity contribution in [2.24, 2.45) is 0 Å². The summed E-state index contributed by atoms with van der Waals surface area (Å²) in [6, 6.07) is 3.95. The molecule has 110 valence electrons. The molecule has 2 rings (SSSR count). The maximum Gasteiger partial charge on any atom is 0.251 e. The van der Waals surface area contributed by atoms with Crippen LogP contribution < -0.4 is 11.1 Å². The van der Waals surface area contributed by atoms with Crippen molar-refractivity contribution in [1.29, 1.82) is 0 Å². The number of hydrogen-bond acceptors (Lipinski definition) is 3. The normalized spacial score (nSPS) is 22.6. The van der Waals surface area contributed by atoms with Gasteiger partial charge in [0.15, 0.2) is 0 Å². The zero-order chi connectivity index (χ0) is 14.7. The number of hydrogen-bond donors (Lipinski definition) is 2. The fourth-order valence-corrected chi connectivity index (χ4v) is 4.14. The molecule has 5 heteroatoms. The lowest BCUT2D eigenvalue weighted by molar-refractivity contribution is 0.0928. The van der Waals surface area contributed by atoms with Crippen LogP contribution in [0, 0.1) is 6.92 Å². The summed E-state index contributed by atoms with van der Waals surface area (Å²) in [6.07, 6.45) is 6.84. The third-order valence-corrected chi connectivity index (χ3v) is 5.61. The van der Waals surface area contributed by atoms with Crippen molar-refractivity contribution in [2.75, 3.05) is 12.0 Å². The minimum absolute atomic E-state index is 0.0125. The number of nitrogens with two attached hydrogens (primary N) is 1. The van der Waals surface area contributed by atoms with E-state index in [1.54, 1.807) is 0 Å². The van der Waals surface area contributed by atoms with Crippen LogP contribution in [0.1, 0.15) is 41.6 Å². The summed E-state index contributed by atoms with van der Waals surface area (Å²) in [5.41, 5.74) is 8.10. The Kier molecular flexibility index (Phi) is 5.38. The molecular formula is C15H21BrN2OS. The van der Waals surface area contributed by atoms with E-state index in [0.29, 0.717) is 16.5 Å². The largest absolute Gasteiger partial charge is 0.398 e. The number of carbonyl (C=O) groups is 1. The van der Waals surface area contributed by atoms with Gasteiger partial charge in [-0.25, -0.2) is 0 Å². The molecule has 1 amide bonds. The number of rotatable bonds is 3. The van der Waals surface area contributed by atoms with Gasteiger partial charge >= 0.3 is 0 Å². The Hall–Kier alpha value is -0.680. The van der Waals surface area contributed by atoms with E-state index >= 15 is 0 Å². The fourth-order valence-electron chi connectivity index (χ4n) is 2.73. The maximum atomic E-state index is 12.5. The Balaban J connectivity index is 2.15. The molecule has 2 atom stereocenters. The van der Waals surface area contributed by atoms with E-state index in [1.165, 1.54) is 19.3 Å². The number of amides is 1. The number of benzene rings is 1. The molecule has 1 aliphatic rings. The second kappa shape index (κ2) is 6.85. The molecule has 1 aromatic rings. The van der Waals surface area contributed by atoms with Gasteiger partial charge in [-0.2, -0.15) is 11.8 Å². The van der Waals surface area contributed by atoms with Crippen LogP contribution in [-0.2, 0) is 0 Å². The average molecular weight is 357 g/mol. The first-order valence-corrected chi connectivity index (χ1v) is 9.00. The van der Waals surface area contributed by atoms with Crippen molar-refractivity contribution < 1.29 is 4.79 Å². The lowest BCUT2D eigenvalue weighted by atomic mass is 9.94. The molecular weight excluding hydrogens is 336 g/mol. The number of halogens is 1. The van der Waals surface area contributed by atoms with E-state index in [2.05, 4.69) is 27.5 Å². The Labute approximate surface area is 133 Å². The second-order valence-corrected chi connectivity index (χ2v) is 7.30. The van der Waals surface area contributed by atoms with Crippen LogP contribution >= 0.6 is 27.7 Å². The van der Waals surface area contributed by atoms with Crippen molar-refractivity contribution in [2.45, 2.75) is 43.9 Å². The van der Waals surface area contributed by atoms with E-state index in [-0.39, 0.29) is 11.9 Å². The van der Waals surface area contributed by atoms with Gasteiger partial charge in [0.05, 0.1) is 0 Å². The number of nitrogens with one attached hydrogen (secondary N) is 1. The van der Waals surface area contributed by atoms with Crippen LogP contribution in [0.3, 0.4) is 0 Å². The monoisotopic (exact) mass is 356 g/mol. The van der Waals surface area contributed by atoms with E-state index in [4.69, 9.17) is 5.73 Å². The number of thioether (sulfide) groups is 1. The molecule has 20 heavy (non-hydrogen) atoms. The Morgan fingerprint density at radius 1 is 1.40 bits per heavy atom. The van der Waals surface area contributed by atoms with Crippen LogP contribution in [-0.4, -0.2) is 23.5 Å². The molecule has 0 aromatic heterocycles. The zero-order valence-electron chi connectivity index (χ0n) is 11.9. The molecule has 3 N–H and O–H groups in total.